The summed E-state index contributed by atoms with van der Waals surface area (Å²) in [6, 6.07) is 0. The van der Waals surface area contributed by atoms with E-state index in [9.17, 15) is 5.11 Å². The molecular formula is C30H51ClO. The first-order valence-corrected chi connectivity index (χ1v) is 13.6. The SMILES string of the molecule is C=C(C)[C@@H]1CCC2(C)CCC3(C)C(CC[C@@H]4C5(C)CCC(O)C(C)(C)[C@@H]5CCC43C)[C@@H]12.Cl. The van der Waals surface area contributed by atoms with Gasteiger partial charge in [0.15, 0.2) is 0 Å². The van der Waals surface area contributed by atoms with Gasteiger partial charge < -0.3 is 5.11 Å². The van der Waals surface area contributed by atoms with Crippen LogP contribution in [-0.4, -0.2) is 11.2 Å². The first-order chi connectivity index (χ1) is 14.3. The summed E-state index contributed by atoms with van der Waals surface area (Å²) >= 11 is 0. The van der Waals surface area contributed by atoms with Crippen molar-refractivity contribution in [2.75, 3.05) is 0 Å². The summed E-state index contributed by atoms with van der Waals surface area (Å²) in [5, 5.41) is 10.9. The molecule has 0 bridgehead atoms. The summed E-state index contributed by atoms with van der Waals surface area (Å²) in [4.78, 5) is 0. The maximum Gasteiger partial charge on any atom is 0.0594 e. The van der Waals surface area contributed by atoms with Crippen LogP contribution in [0.15, 0.2) is 12.2 Å². The summed E-state index contributed by atoms with van der Waals surface area (Å²) < 4.78 is 0. The molecule has 5 aliphatic rings. The predicted molar refractivity (Wildman–Crippen MR) is 138 cm³/mol. The lowest BCUT2D eigenvalue weighted by Crippen LogP contribution is -2.66. The number of fused-ring (bicyclic) bond motifs is 7. The van der Waals surface area contributed by atoms with Crippen LogP contribution in [-0.2, 0) is 0 Å². The second-order valence-electron chi connectivity index (χ2n) is 14.7. The summed E-state index contributed by atoms with van der Waals surface area (Å²) in [6.07, 6.45) is 13.4. The maximum absolute atomic E-state index is 10.9. The third-order valence-corrected chi connectivity index (χ3v) is 13.5. The summed E-state index contributed by atoms with van der Waals surface area (Å²) in [7, 11) is 0. The molecule has 0 aromatic rings. The van der Waals surface area contributed by atoms with Gasteiger partial charge in [-0.1, -0.05) is 53.7 Å². The molecule has 5 aliphatic carbocycles. The molecule has 2 heteroatoms. The van der Waals surface area contributed by atoms with Crippen LogP contribution in [0.25, 0.3) is 0 Å². The third kappa shape index (κ3) is 2.91. The zero-order chi connectivity index (χ0) is 22.6. The van der Waals surface area contributed by atoms with Gasteiger partial charge in [-0.25, -0.2) is 0 Å². The first-order valence-electron chi connectivity index (χ1n) is 13.6. The molecule has 0 heterocycles. The molecule has 5 rings (SSSR count). The average Bonchev–Trinajstić information content (AvgIpc) is 3.04. The van der Waals surface area contributed by atoms with Crippen LogP contribution >= 0.6 is 12.4 Å². The van der Waals surface area contributed by atoms with E-state index in [2.05, 4.69) is 55.0 Å². The van der Waals surface area contributed by atoms with E-state index in [1.165, 1.54) is 63.4 Å². The van der Waals surface area contributed by atoms with Crippen LogP contribution in [0, 0.1) is 56.7 Å². The molecule has 5 fully saturated rings. The highest BCUT2D eigenvalue weighted by Crippen LogP contribution is 2.77. The van der Waals surface area contributed by atoms with E-state index < -0.39 is 0 Å². The Morgan fingerprint density at radius 3 is 2.09 bits per heavy atom. The molecule has 0 radical (unpaired) electrons. The second kappa shape index (κ2) is 7.49. The zero-order valence-corrected chi connectivity index (χ0v) is 22.9. The number of halogens is 1. The monoisotopic (exact) mass is 462 g/mol. The molecule has 0 spiro atoms. The van der Waals surface area contributed by atoms with Gasteiger partial charge in [0.25, 0.3) is 0 Å². The number of allylic oxidation sites excluding steroid dienone is 1. The highest BCUT2D eigenvalue weighted by atomic mass is 35.5. The Morgan fingerprint density at radius 1 is 0.750 bits per heavy atom. The standard InChI is InChI=1S/C30H50O.ClH/c1-19(2)20-11-14-27(5)17-18-29(7)21(25(20)27)9-10-23-28(6)15-13-24(31)26(3,4)22(28)12-16-30(23,29)8;/h20-25,31H,1,9-18H2,2-8H3;1H/t20-,21?,22-,23+,24?,25+,27?,28?,29?,30?;/m0./s1. The molecule has 10 atom stereocenters. The fourth-order valence-electron chi connectivity index (χ4n) is 11.5. The maximum atomic E-state index is 10.9. The van der Waals surface area contributed by atoms with Crippen LogP contribution < -0.4 is 0 Å². The lowest BCUT2D eigenvalue weighted by atomic mass is 9.32. The number of aliphatic hydroxyl groups is 1. The number of hydrogen-bond donors (Lipinski definition) is 1. The minimum atomic E-state index is -0.118. The smallest absolute Gasteiger partial charge is 0.0594 e. The highest BCUT2D eigenvalue weighted by Gasteiger charge is 2.70. The summed E-state index contributed by atoms with van der Waals surface area (Å²) in [5.74, 6) is 3.98. The largest absolute Gasteiger partial charge is 0.393 e. The van der Waals surface area contributed by atoms with E-state index in [1.807, 2.05) is 0 Å². The normalized spacial score (nSPS) is 56.1. The summed E-state index contributed by atoms with van der Waals surface area (Å²) in [5.41, 5.74) is 3.38. The summed E-state index contributed by atoms with van der Waals surface area (Å²) in [6.45, 7) is 22.3. The van der Waals surface area contributed by atoms with Gasteiger partial charge in [-0.05, 0) is 128 Å². The van der Waals surface area contributed by atoms with Crippen molar-refractivity contribution in [3.63, 3.8) is 0 Å². The van der Waals surface area contributed by atoms with Crippen molar-refractivity contribution < 1.29 is 5.11 Å². The van der Waals surface area contributed by atoms with Crippen LogP contribution in [0.3, 0.4) is 0 Å². The number of hydrogen-bond acceptors (Lipinski definition) is 1. The molecule has 6 unspecified atom stereocenters. The van der Waals surface area contributed by atoms with Gasteiger partial charge in [0.1, 0.15) is 0 Å². The lowest BCUT2D eigenvalue weighted by Gasteiger charge is -2.73. The molecule has 32 heavy (non-hydrogen) atoms. The lowest BCUT2D eigenvalue weighted by molar-refractivity contribution is -0.246. The minimum absolute atomic E-state index is 0. The van der Waals surface area contributed by atoms with Gasteiger partial charge in [0.05, 0.1) is 6.10 Å². The van der Waals surface area contributed by atoms with Gasteiger partial charge in [0, 0.05) is 0 Å². The predicted octanol–water partition coefficient (Wildman–Crippen LogP) is 8.45. The highest BCUT2D eigenvalue weighted by molar-refractivity contribution is 5.85. The molecule has 1 N–H and O–H groups in total. The Morgan fingerprint density at radius 2 is 1.44 bits per heavy atom. The van der Waals surface area contributed by atoms with Crippen LogP contribution in [0.4, 0.5) is 0 Å². The molecule has 0 saturated heterocycles. The molecule has 0 aromatic heterocycles. The second-order valence-corrected chi connectivity index (χ2v) is 14.7. The minimum Gasteiger partial charge on any atom is -0.393 e. The molecule has 5 saturated carbocycles. The molecule has 0 aromatic carbocycles. The number of aliphatic hydroxyl groups excluding tert-OH is 1. The van der Waals surface area contributed by atoms with Gasteiger partial charge >= 0.3 is 0 Å². The van der Waals surface area contributed by atoms with Gasteiger partial charge in [0.2, 0.25) is 0 Å². The van der Waals surface area contributed by atoms with Crippen molar-refractivity contribution in [3.8, 4) is 0 Å². The van der Waals surface area contributed by atoms with Crippen molar-refractivity contribution in [2.24, 2.45) is 56.7 Å². The van der Waals surface area contributed by atoms with E-state index in [0.29, 0.717) is 27.6 Å². The van der Waals surface area contributed by atoms with Crippen molar-refractivity contribution in [2.45, 2.75) is 119 Å². The quantitative estimate of drug-likeness (QED) is 0.387. The van der Waals surface area contributed by atoms with Crippen molar-refractivity contribution in [1.29, 1.82) is 0 Å². The van der Waals surface area contributed by atoms with Crippen molar-refractivity contribution in [1.82, 2.24) is 0 Å². The van der Waals surface area contributed by atoms with E-state index in [1.54, 1.807) is 0 Å². The van der Waals surface area contributed by atoms with Crippen LogP contribution in [0.1, 0.15) is 113 Å². The molecular weight excluding hydrogens is 412 g/mol. The molecule has 184 valence electrons. The Kier molecular flexibility index (Phi) is 5.88. The van der Waals surface area contributed by atoms with Crippen molar-refractivity contribution in [3.05, 3.63) is 12.2 Å². The number of rotatable bonds is 1. The van der Waals surface area contributed by atoms with Crippen LogP contribution in [0.2, 0.25) is 0 Å². The molecule has 0 aliphatic heterocycles. The fraction of sp³-hybridized carbons (Fsp3) is 0.933. The van der Waals surface area contributed by atoms with E-state index in [0.717, 1.165) is 30.1 Å². The Hall–Kier alpha value is -0.0100. The molecule has 1 nitrogen and oxygen atoms in total. The fourth-order valence-corrected chi connectivity index (χ4v) is 11.5. The van der Waals surface area contributed by atoms with Gasteiger partial charge in [-0.3, -0.25) is 0 Å². The van der Waals surface area contributed by atoms with Gasteiger partial charge in [-0.2, -0.15) is 0 Å². The Bertz CT molecular complexity index is 773. The Balaban J connectivity index is 0.00000245. The van der Waals surface area contributed by atoms with Gasteiger partial charge in [-0.15, -0.1) is 12.4 Å². The Labute approximate surface area is 205 Å². The zero-order valence-electron chi connectivity index (χ0n) is 22.1. The third-order valence-electron chi connectivity index (χ3n) is 13.5. The van der Waals surface area contributed by atoms with E-state index in [4.69, 9.17) is 0 Å². The molecule has 0 amide bonds. The van der Waals surface area contributed by atoms with E-state index in [-0.39, 0.29) is 23.9 Å². The topological polar surface area (TPSA) is 20.2 Å². The average molecular weight is 463 g/mol. The van der Waals surface area contributed by atoms with E-state index >= 15 is 0 Å². The van der Waals surface area contributed by atoms with Crippen molar-refractivity contribution >= 4 is 12.4 Å². The first kappa shape index (κ1) is 25.1. The van der Waals surface area contributed by atoms with Crippen LogP contribution in [0.5, 0.6) is 0 Å².